The maximum absolute atomic E-state index is 13.8. The molecular formula is C14H16FNO2. The zero-order chi connectivity index (χ0) is 13.6. The van der Waals surface area contributed by atoms with Crippen molar-refractivity contribution in [2.24, 2.45) is 0 Å². The van der Waals surface area contributed by atoms with Gasteiger partial charge < -0.3 is 4.74 Å². The van der Waals surface area contributed by atoms with Gasteiger partial charge in [0.2, 0.25) is 0 Å². The first-order chi connectivity index (χ1) is 8.56. The van der Waals surface area contributed by atoms with E-state index in [0.29, 0.717) is 0 Å². The van der Waals surface area contributed by atoms with E-state index in [9.17, 15) is 9.18 Å². The minimum absolute atomic E-state index is 0.143. The Morgan fingerprint density at radius 3 is 2.78 bits per heavy atom. The van der Waals surface area contributed by atoms with Crippen LogP contribution in [0.4, 0.5) is 4.39 Å². The van der Waals surface area contributed by atoms with Crippen molar-refractivity contribution in [3.8, 4) is 12.3 Å². The molecule has 0 aliphatic heterocycles. The van der Waals surface area contributed by atoms with Crippen LogP contribution in [0.2, 0.25) is 0 Å². The quantitative estimate of drug-likeness (QED) is 0.639. The largest absolute Gasteiger partial charge is 0.464 e. The Morgan fingerprint density at radius 1 is 1.56 bits per heavy atom. The number of carbonyl (C=O) groups is 1. The predicted molar refractivity (Wildman–Crippen MR) is 67.2 cm³/mol. The van der Waals surface area contributed by atoms with Gasteiger partial charge in [0.25, 0.3) is 0 Å². The summed E-state index contributed by atoms with van der Waals surface area (Å²) in [5, 5.41) is 2.84. The molecule has 0 saturated carbocycles. The summed E-state index contributed by atoms with van der Waals surface area (Å²) >= 11 is 0. The van der Waals surface area contributed by atoms with Gasteiger partial charge in [-0.2, -0.15) is 0 Å². The molecule has 18 heavy (non-hydrogen) atoms. The van der Waals surface area contributed by atoms with Crippen LogP contribution in [0.1, 0.15) is 19.4 Å². The van der Waals surface area contributed by atoms with Gasteiger partial charge in [-0.05, 0) is 19.9 Å². The Bertz CT molecular complexity index is 467. The molecule has 1 atom stereocenters. The van der Waals surface area contributed by atoms with Crippen molar-refractivity contribution >= 4 is 5.97 Å². The molecule has 1 aromatic rings. The first kappa shape index (κ1) is 14.2. The van der Waals surface area contributed by atoms with Crippen molar-refractivity contribution in [2.45, 2.75) is 19.4 Å². The fourth-order valence-electron chi connectivity index (χ4n) is 1.65. The molecular weight excluding hydrogens is 233 g/mol. The van der Waals surface area contributed by atoms with Gasteiger partial charge in [-0.1, -0.05) is 24.1 Å². The first-order valence-corrected chi connectivity index (χ1v) is 5.67. The van der Waals surface area contributed by atoms with Crippen LogP contribution in [0.25, 0.3) is 0 Å². The normalized spacial score (nSPS) is 13.4. The highest BCUT2D eigenvalue weighted by Gasteiger charge is 2.38. The molecule has 1 rings (SSSR count). The minimum Gasteiger partial charge on any atom is -0.464 e. The standard InChI is InChI=1S/C14H16FNO2/c1-4-10-16-14(3,13(17)18-5-2)11-8-6-7-9-12(11)15/h1,6-9,16H,5,10H2,2-3H3. The second-order valence-corrected chi connectivity index (χ2v) is 3.88. The van der Waals surface area contributed by atoms with Gasteiger partial charge >= 0.3 is 5.97 Å². The maximum Gasteiger partial charge on any atom is 0.330 e. The molecule has 0 fully saturated rings. The summed E-state index contributed by atoms with van der Waals surface area (Å²) in [4.78, 5) is 12.0. The summed E-state index contributed by atoms with van der Waals surface area (Å²) in [5.74, 6) is 1.34. The molecule has 1 unspecified atom stereocenters. The van der Waals surface area contributed by atoms with Crippen molar-refractivity contribution in [1.29, 1.82) is 0 Å². The average molecular weight is 249 g/mol. The first-order valence-electron chi connectivity index (χ1n) is 5.67. The fraction of sp³-hybridized carbons (Fsp3) is 0.357. The Hall–Kier alpha value is -1.86. The summed E-state index contributed by atoms with van der Waals surface area (Å²) in [7, 11) is 0. The third-order valence-corrected chi connectivity index (χ3v) is 2.64. The number of hydrogen-bond donors (Lipinski definition) is 1. The van der Waals surface area contributed by atoms with Crippen LogP contribution in [-0.2, 0) is 15.1 Å². The Kier molecular flexibility index (Phi) is 4.87. The number of carbonyl (C=O) groups excluding carboxylic acids is 1. The number of benzene rings is 1. The van der Waals surface area contributed by atoms with Crippen LogP contribution in [-0.4, -0.2) is 19.1 Å². The predicted octanol–water partition coefficient (Wildman–Crippen LogP) is 1.83. The maximum atomic E-state index is 13.8. The molecule has 0 aliphatic rings. The lowest BCUT2D eigenvalue weighted by Crippen LogP contribution is -2.48. The number of terminal acetylenes is 1. The number of hydrogen-bond acceptors (Lipinski definition) is 3. The highest BCUT2D eigenvalue weighted by Crippen LogP contribution is 2.25. The smallest absolute Gasteiger partial charge is 0.330 e. The van der Waals surface area contributed by atoms with E-state index in [1.807, 2.05) is 0 Å². The molecule has 0 radical (unpaired) electrons. The van der Waals surface area contributed by atoms with Crippen LogP contribution < -0.4 is 5.32 Å². The van der Waals surface area contributed by atoms with Gasteiger partial charge in [0.05, 0.1) is 13.2 Å². The van der Waals surface area contributed by atoms with E-state index in [-0.39, 0.29) is 18.7 Å². The number of halogens is 1. The second kappa shape index (κ2) is 6.18. The zero-order valence-corrected chi connectivity index (χ0v) is 10.5. The molecule has 3 nitrogen and oxygen atoms in total. The van der Waals surface area contributed by atoms with Crippen molar-refractivity contribution in [3.63, 3.8) is 0 Å². The van der Waals surface area contributed by atoms with Gasteiger partial charge in [-0.3, -0.25) is 5.32 Å². The molecule has 0 heterocycles. The third-order valence-electron chi connectivity index (χ3n) is 2.64. The van der Waals surface area contributed by atoms with Gasteiger partial charge in [-0.25, -0.2) is 9.18 Å². The van der Waals surface area contributed by atoms with E-state index >= 15 is 0 Å². The number of rotatable bonds is 5. The molecule has 1 aromatic carbocycles. The summed E-state index contributed by atoms with van der Waals surface area (Å²) in [6.45, 7) is 3.62. The molecule has 0 aromatic heterocycles. The number of esters is 1. The number of ether oxygens (including phenoxy) is 1. The van der Waals surface area contributed by atoms with Crippen molar-refractivity contribution in [3.05, 3.63) is 35.6 Å². The van der Waals surface area contributed by atoms with E-state index in [0.717, 1.165) is 0 Å². The van der Waals surface area contributed by atoms with E-state index in [4.69, 9.17) is 11.2 Å². The Balaban J connectivity index is 3.16. The van der Waals surface area contributed by atoms with Gasteiger partial charge in [0.15, 0.2) is 0 Å². The van der Waals surface area contributed by atoms with Crippen molar-refractivity contribution in [2.75, 3.05) is 13.2 Å². The molecule has 0 aliphatic carbocycles. The van der Waals surface area contributed by atoms with E-state index in [2.05, 4.69) is 11.2 Å². The monoisotopic (exact) mass is 249 g/mol. The third kappa shape index (κ3) is 2.88. The summed E-state index contributed by atoms with van der Waals surface area (Å²) < 4.78 is 18.8. The highest BCUT2D eigenvalue weighted by atomic mass is 19.1. The molecule has 0 amide bonds. The second-order valence-electron chi connectivity index (χ2n) is 3.88. The van der Waals surface area contributed by atoms with Crippen molar-refractivity contribution in [1.82, 2.24) is 5.32 Å². The lowest BCUT2D eigenvalue weighted by atomic mass is 9.91. The van der Waals surface area contributed by atoms with Gasteiger partial charge in [0, 0.05) is 5.56 Å². The average Bonchev–Trinajstić information content (AvgIpc) is 2.36. The lowest BCUT2D eigenvalue weighted by molar-refractivity contribution is -0.151. The van der Waals surface area contributed by atoms with Crippen LogP contribution in [0.5, 0.6) is 0 Å². The van der Waals surface area contributed by atoms with Crippen LogP contribution in [0.3, 0.4) is 0 Å². The summed E-state index contributed by atoms with van der Waals surface area (Å²) in [5.41, 5.74) is -1.06. The molecule has 96 valence electrons. The fourth-order valence-corrected chi connectivity index (χ4v) is 1.65. The highest BCUT2D eigenvalue weighted by molar-refractivity contribution is 5.82. The van der Waals surface area contributed by atoms with E-state index < -0.39 is 17.3 Å². The molecule has 1 N–H and O–H groups in total. The molecule has 0 saturated heterocycles. The van der Waals surface area contributed by atoms with Crippen LogP contribution >= 0.6 is 0 Å². The summed E-state index contributed by atoms with van der Waals surface area (Å²) in [6.07, 6.45) is 5.17. The van der Waals surface area contributed by atoms with Crippen LogP contribution in [0.15, 0.2) is 24.3 Å². The van der Waals surface area contributed by atoms with E-state index in [1.165, 1.54) is 12.1 Å². The number of nitrogens with one attached hydrogen (secondary N) is 1. The Labute approximate surface area is 106 Å². The Morgan fingerprint density at radius 2 is 2.22 bits per heavy atom. The SMILES string of the molecule is C#CCNC(C)(C(=O)OCC)c1ccccc1F. The molecule has 0 bridgehead atoms. The minimum atomic E-state index is -1.28. The van der Waals surface area contributed by atoms with Crippen molar-refractivity contribution < 1.29 is 13.9 Å². The van der Waals surface area contributed by atoms with Gasteiger partial charge in [-0.15, -0.1) is 6.42 Å². The topological polar surface area (TPSA) is 38.3 Å². The molecule has 0 spiro atoms. The van der Waals surface area contributed by atoms with Gasteiger partial charge in [0.1, 0.15) is 11.4 Å². The molecule has 4 heteroatoms. The zero-order valence-electron chi connectivity index (χ0n) is 10.5. The van der Waals surface area contributed by atoms with E-state index in [1.54, 1.807) is 26.0 Å². The lowest BCUT2D eigenvalue weighted by Gasteiger charge is -2.28. The van der Waals surface area contributed by atoms with Crippen LogP contribution in [0, 0.1) is 18.2 Å². The summed E-state index contributed by atoms with van der Waals surface area (Å²) in [6, 6.07) is 6.05.